The second-order valence-electron chi connectivity index (χ2n) is 7.18. The van der Waals surface area contributed by atoms with Gasteiger partial charge in [-0.15, -0.1) is 11.3 Å². The molecule has 3 amide bonds. The van der Waals surface area contributed by atoms with E-state index in [1.165, 1.54) is 18.2 Å². The molecule has 0 bridgehead atoms. The molecule has 0 unspecified atom stereocenters. The molecule has 3 N–H and O–H groups in total. The van der Waals surface area contributed by atoms with Crippen molar-refractivity contribution in [3.8, 4) is 0 Å². The monoisotopic (exact) mass is 491 g/mol. The van der Waals surface area contributed by atoms with Gasteiger partial charge in [0.1, 0.15) is 11.6 Å². The fourth-order valence-corrected chi connectivity index (χ4v) is 4.13. The molecule has 0 spiro atoms. The van der Waals surface area contributed by atoms with Gasteiger partial charge in [-0.2, -0.15) is 0 Å². The Morgan fingerprint density at radius 2 is 1.58 bits per heavy atom. The summed E-state index contributed by atoms with van der Waals surface area (Å²) < 4.78 is 26.8. The summed E-state index contributed by atoms with van der Waals surface area (Å²) >= 11 is 6.99. The molecule has 1 heterocycles. The Balaban J connectivity index is 1.52. The molecule has 0 fully saturated rings. The van der Waals surface area contributed by atoms with E-state index < -0.39 is 23.4 Å². The minimum Gasteiger partial charge on any atom is -0.350 e. The smallest absolute Gasteiger partial charge is 0.261 e. The average Bonchev–Trinajstić information content (AvgIpc) is 3.12. The predicted molar refractivity (Wildman–Crippen MR) is 124 cm³/mol. The van der Waals surface area contributed by atoms with E-state index in [1.807, 2.05) is 0 Å². The van der Waals surface area contributed by atoms with Gasteiger partial charge < -0.3 is 16.0 Å². The normalized spacial score (nSPS) is 10.6. The number of rotatable bonds is 7. The number of hydrogen-bond acceptors (Lipinski definition) is 4. The van der Waals surface area contributed by atoms with Crippen LogP contribution < -0.4 is 16.0 Å². The van der Waals surface area contributed by atoms with Crippen molar-refractivity contribution in [2.45, 2.75) is 13.8 Å². The third kappa shape index (κ3) is 6.15. The van der Waals surface area contributed by atoms with Crippen LogP contribution in [0.5, 0.6) is 0 Å². The third-order valence-electron chi connectivity index (χ3n) is 4.67. The van der Waals surface area contributed by atoms with Gasteiger partial charge >= 0.3 is 0 Å². The molecular formula is C23H20ClF2N3O3S. The van der Waals surface area contributed by atoms with Crippen LogP contribution in [0.25, 0.3) is 0 Å². The summed E-state index contributed by atoms with van der Waals surface area (Å²) in [5.41, 5.74) is 1.40. The van der Waals surface area contributed by atoms with Gasteiger partial charge in [0, 0.05) is 18.7 Å². The van der Waals surface area contributed by atoms with Crippen LogP contribution in [0.3, 0.4) is 0 Å². The summed E-state index contributed by atoms with van der Waals surface area (Å²) in [6.45, 7) is 3.63. The van der Waals surface area contributed by atoms with Crippen LogP contribution in [-0.4, -0.2) is 30.8 Å². The molecule has 0 aliphatic heterocycles. The van der Waals surface area contributed by atoms with Gasteiger partial charge in [-0.1, -0.05) is 17.7 Å². The molecule has 0 radical (unpaired) electrons. The van der Waals surface area contributed by atoms with Crippen molar-refractivity contribution in [1.29, 1.82) is 0 Å². The Labute approximate surface area is 198 Å². The summed E-state index contributed by atoms with van der Waals surface area (Å²) in [6.07, 6.45) is 0. The van der Waals surface area contributed by atoms with Crippen LogP contribution in [0.15, 0.2) is 42.5 Å². The molecule has 10 heteroatoms. The first-order chi connectivity index (χ1) is 15.7. The summed E-state index contributed by atoms with van der Waals surface area (Å²) in [6, 6.07) is 9.30. The maximum Gasteiger partial charge on any atom is 0.261 e. The van der Waals surface area contributed by atoms with E-state index in [4.69, 9.17) is 11.6 Å². The van der Waals surface area contributed by atoms with Gasteiger partial charge in [0.05, 0.1) is 20.5 Å². The molecule has 0 aliphatic carbocycles. The van der Waals surface area contributed by atoms with Crippen molar-refractivity contribution < 1.29 is 23.2 Å². The van der Waals surface area contributed by atoms with Crippen LogP contribution in [0.1, 0.15) is 41.5 Å². The van der Waals surface area contributed by atoms with Crippen molar-refractivity contribution in [3.05, 3.63) is 86.3 Å². The van der Waals surface area contributed by atoms with Gasteiger partial charge in [0.2, 0.25) is 0 Å². The first-order valence-electron chi connectivity index (χ1n) is 9.85. The number of nitrogens with one attached hydrogen (secondary N) is 3. The molecule has 3 rings (SSSR count). The van der Waals surface area contributed by atoms with E-state index in [-0.39, 0.29) is 35.1 Å². The average molecular weight is 492 g/mol. The van der Waals surface area contributed by atoms with Crippen molar-refractivity contribution in [2.75, 3.05) is 18.4 Å². The van der Waals surface area contributed by atoms with Gasteiger partial charge in [-0.3, -0.25) is 14.4 Å². The van der Waals surface area contributed by atoms with Crippen molar-refractivity contribution in [3.63, 3.8) is 0 Å². The zero-order chi connectivity index (χ0) is 24.1. The Bertz CT molecular complexity index is 1230. The Hall–Kier alpha value is -3.30. The van der Waals surface area contributed by atoms with Gasteiger partial charge in [0.25, 0.3) is 17.7 Å². The minimum absolute atomic E-state index is 0.0193. The van der Waals surface area contributed by atoms with Gasteiger partial charge in [-0.25, -0.2) is 8.78 Å². The number of anilines is 1. The number of hydrogen-bond donors (Lipinski definition) is 3. The zero-order valence-electron chi connectivity index (χ0n) is 17.7. The lowest BCUT2D eigenvalue weighted by Crippen LogP contribution is -2.34. The van der Waals surface area contributed by atoms with E-state index in [9.17, 15) is 23.2 Å². The molecule has 1 aromatic heterocycles. The number of benzene rings is 2. The highest BCUT2D eigenvalue weighted by atomic mass is 35.5. The van der Waals surface area contributed by atoms with Gasteiger partial charge in [0.15, 0.2) is 0 Å². The lowest BCUT2D eigenvalue weighted by atomic mass is 10.1. The summed E-state index contributed by atoms with van der Waals surface area (Å²) in [4.78, 5) is 37.4. The molecule has 0 saturated carbocycles. The summed E-state index contributed by atoms with van der Waals surface area (Å²) in [5, 5.41) is 8.36. The highest BCUT2D eigenvalue weighted by molar-refractivity contribution is 7.18. The van der Waals surface area contributed by atoms with Crippen LogP contribution >= 0.6 is 22.9 Å². The number of thiophene rings is 1. The quantitative estimate of drug-likeness (QED) is 0.418. The molecular weight excluding hydrogens is 472 g/mol. The molecule has 3 aromatic rings. The molecule has 172 valence electrons. The molecule has 0 aliphatic rings. The van der Waals surface area contributed by atoms with Crippen LogP contribution in [0.4, 0.5) is 13.8 Å². The molecule has 0 atom stereocenters. The molecule has 6 nitrogen and oxygen atoms in total. The zero-order valence-corrected chi connectivity index (χ0v) is 19.3. The maximum absolute atomic E-state index is 13.6. The molecule has 2 aromatic carbocycles. The molecule has 0 saturated heterocycles. The van der Waals surface area contributed by atoms with Crippen LogP contribution in [0.2, 0.25) is 5.02 Å². The van der Waals surface area contributed by atoms with E-state index in [2.05, 4.69) is 16.0 Å². The number of aryl methyl sites for hydroxylation is 2. The minimum atomic E-state index is -0.551. The predicted octanol–water partition coefficient (Wildman–Crippen LogP) is 4.71. The second-order valence-corrected chi connectivity index (χ2v) is 8.64. The third-order valence-corrected chi connectivity index (χ3v) is 6.13. The van der Waals surface area contributed by atoms with E-state index in [1.54, 1.807) is 19.9 Å². The number of halogens is 3. The first kappa shape index (κ1) is 24.3. The lowest BCUT2D eigenvalue weighted by Gasteiger charge is -2.07. The van der Waals surface area contributed by atoms with E-state index >= 15 is 0 Å². The SMILES string of the molecule is Cc1ccc(C(=O)NCCNC(=O)c2sc(NC(=O)c3ccc(F)cc3Cl)cc2C)cc1F. The Morgan fingerprint density at radius 1 is 0.879 bits per heavy atom. The van der Waals surface area contributed by atoms with Crippen molar-refractivity contribution in [2.24, 2.45) is 0 Å². The van der Waals surface area contributed by atoms with E-state index in [0.29, 0.717) is 21.0 Å². The standard InChI is InChI=1S/C23H20ClF2N3O3S/c1-12-3-4-14(10-18(12)26)21(30)27-7-8-28-23(32)20-13(2)9-19(33-20)29-22(31)16-6-5-15(25)11-17(16)24/h3-6,9-11H,7-8H2,1-2H3,(H,27,30)(H,28,32)(H,29,31). The number of carbonyl (C=O) groups excluding carboxylic acids is 3. The van der Waals surface area contributed by atoms with E-state index in [0.717, 1.165) is 29.5 Å². The van der Waals surface area contributed by atoms with Crippen molar-refractivity contribution >= 4 is 45.7 Å². The number of carbonyl (C=O) groups is 3. The second kappa shape index (κ2) is 10.5. The highest BCUT2D eigenvalue weighted by Gasteiger charge is 2.17. The van der Waals surface area contributed by atoms with Crippen LogP contribution in [-0.2, 0) is 0 Å². The summed E-state index contributed by atoms with van der Waals surface area (Å²) in [5.74, 6) is -2.35. The Morgan fingerprint density at radius 3 is 2.24 bits per heavy atom. The summed E-state index contributed by atoms with van der Waals surface area (Å²) in [7, 11) is 0. The molecule has 33 heavy (non-hydrogen) atoms. The highest BCUT2D eigenvalue weighted by Crippen LogP contribution is 2.28. The van der Waals surface area contributed by atoms with Gasteiger partial charge in [-0.05, 0) is 61.4 Å². The largest absolute Gasteiger partial charge is 0.350 e. The Kier molecular flexibility index (Phi) is 7.78. The topological polar surface area (TPSA) is 87.3 Å². The lowest BCUT2D eigenvalue weighted by molar-refractivity contribution is 0.0929. The van der Waals surface area contributed by atoms with Crippen LogP contribution in [0, 0.1) is 25.5 Å². The number of amides is 3. The first-order valence-corrected chi connectivity index (χ1v) is 11.0. The maximum atomic E-state index is 13.6. The fourth-order valence-electron chi connectivity index (χ4n) is 2.89. The fraction of sp³-hybridized carbons (Fsp3) is 0.174. The van der Waals surface area contributed by atoms with Crippen molar-refractivity contribution in [1.82, 2.24) is 10.6 Å².